The number of esters is 1. The molecule has 0 N–H and O–H groups in total. The molecule has 0 aromatic carbocycles. The summed E-state index contributed by atoms with van der Waals surface area (Å²) in [4.78, 5) is 42.8. The van der Waals surface area contributed by atoms with Gasteiger partial charge in [-0.3, -0.25) is 14.4 Å². The highest BCUT2D eigenvalue weighted by molar-refractivity contribution is 5.92. The van der Waals surface area contributed by atoms with E-state index in [1.54, 1.807) is 7.11 Å². The second-order valence-corrected chi connectivity index (χ2v) is 10.5. The molecule has 0 radical (unpaired) electrons. The highest BCUT2D eigenvalue weighted by atomic mass is 16.5. The molecule has 29 heavy (non-hydrogen) atoms. The second kappa shape index (κ2) is 6.96. The number of likely N-dealkylation sites (tertiary alicyclic amines) is 2. The molecule has 162 valence electrons. The summed E-state index contributed by atoms with van der Waals surface area (Å²) < 4.78 is 10.3. The van der Waals surface area contributed by atoms with E-state index in [1.807, 2.05) is 23.6 Å². The van der Waals surface area contributed by atoms with Gasteiger partial charge in [0.25, 0.3) is 0 Å². The van der Waals surface area contributed by atoms with Crippen molar-refractivity contribution in [3.8, 4) is 0 Å². The van der Waals surface area contributed by atoms with Crippen LogP contribution in [-0.4, -0.2) is 74.1 Å². The van der Waals surface area contributed by atoms with Crippen molar-refractivity contribution in [1.82, 2.24) is 9.80 Å². The number of piperidine rings is 1. The monoisotopic (exact) mass is 406 g/mol. The molecule has 2 aliphatic carbocycles. The predicted octanol–water partition coefficient (Wildman–Crippen LogP) is 1.84. The van der Waals surface area contributed by atoms with Gasteiger partial charge in [0.05, 0.1) is 25.0 Å². The van der Waals surface area contributed by atoms with Crippen LogP contribution in [0.4, 0.5) is 0 Å². The van der Waals surface area contributed by atoms with E-state index in [2.05, 4.69) is 0 Å². The van der Waals surface area contributed by atoms with Gasteiger partial charge in [-0.05, 0) is 49.4 Å². The van der Waals surface area contributed by atoms with Gasteiger partial charge in [0.1, 0.15) is 6.04 Å². The first kappa shape index (κ1) is 20.6. The van der Waals surface area contributed by atoms with E-state index in [1.165, 1.54) is 7.11 Å². The summed E-state index contributed by atoms with van der Waals surface area (Å²) in [5, 5.41) is 0. The molecular weight excluding hydrogens is 372 g/mol. The fourth-order valence-corrected chi connectivity index (χ4v) is 5.52. The molecule has 0 bridgehead atoms. The predicted molar refractivity (Wildman–Crippen MR) is 106 cm³/mol. The van der Waals surface area contributed by atoms with E-state index in [4.69, 9.17) is 9.47 Å². The Labute approximate surface area is 173 Å². The summed E-state index contributed by atoms with van der Waals surface area (Å²) in [6.07, 6.45) is 5.29. The van der Waals surface area contributed by atoms with E-state index >= 15 is 0 Å². The molecule has 4 rings (SSSR count). The van der Waals surface area contributed by atoms with Crippen molar-refractivity contribution in [2.45, 2.75) is 58.4 Å². The van der Waals surface area contributed by atoms with Crippen molar-refractivity contribution < 1.29 is 23.9 Å². The van der Waals surface area contributed by atoms with Gasteiger partial charge in [-0.2, -0.15) is 0 Å². The van der Waals surface area contributed by atoms with Crippen molar-refractivity contribution in [2.75, 3.05) is 40.5 Å². The van der Waals surface area contributed by atoms with E-state index in [0.29, 0.717) is 32.7 Å². The average molecular weight is 407 g/mol. The number of hydrogen-bond acceptors (Lipinski definition) is 5. The fourth-order valence-electron chi connectivity index (χ4n) is 5.52. The van der Waals surface area contributed by atoms with E-state index < -0.39 is 5.41 Å². The highest BCUT2D eigenvalue weighted by Crippen LogP contribution is 2.57. The van der Waals surface area contributed by atoms with Crippen LogP contribution >= 0.6 is 0 Å². The molecule has 2 atom stereocenters. The third kappa shape index (κ3) is 3.56. The topological polar surface area (TPSA) is 76.2 Å². The van der Waals surface area contributed by atoms with E-state index in [-0.39, 0.29) is 40.6 Å². The lowest BCUT2D eigenvalue weighted by Gasteiger charge is -2.44. The minimum atomic E-state index is -0.412. The van der Waals surface area contributed by atoms with Crippen LogP contribution in [0.15, 0.2) is 0 Å². The Hall–Kier alpha value is -1.63. The number of nitrogens with zero attached hydrogens (tertiary/aromatic N) is 2. The number of carbonyl (C=O) groups is 3. The van der Waals surface area contributed by atoms with Gasteiger partial charge in [-0.25, -0.2) is 0 Å². The smallest absolute Gasteiger partial charge is 0.309 e. The molecule has 0 aromatic heterocycles. The number of amides is 2. The molecule has 1 unspecified atom stereocenters. The first-order valence-electron chi connectivity index (χ1n) is 10.8. The summed E-state index contributed by atoms with van der Waals surface area (Å²) in [5.41, 5.74) is -0.608. The standard InChI is InChI=1S/C22H34N2O5/c1-20(2)12-23(10-5-15(20)18(26)29-4)17(25)16-11-21(6-7-21)13-24(16)19(27)22(8-9-22)14-28-3/h15-16H,5-14H2,1-4H3/t15?,16-/m1/s1. The third-order valence-electron chi connectivity index (χ3n) is 7.77. The lowest BCUT2D eigenvalue weighted by Crippen LogP contribution is -2.56. The van der Waals surface area contributed by atoms with Gasteiger partial charge in [-0.1, -0.05) is 13.8 Å². The second-order valence-electron chi connectivity index (χ2n) is 10.5. The zero-order valence-electron chi connectivity index (χ0n) is 18.2. The van der Waals surface area contributed by atoms with Gasteiger partial charge in [0.15, 0.2) is 0 Å². The Morgan fingerprint density at radius 1 is 1.03 bits per heavy atom. The lowest BCUT2D eigenvalue weighted by molar-refractivity contribution is -0.158. The van der Waals surface area contributed by atoms with Gasteiger partial charge >= 0.3 is 5.97 Å². The maximum atomic E-state index is 13.6. The Morgan fingerprint density at radius 2 is 1.72 bits per heavy atom. The number of hydrogen-bond donors (Lipinski definition) is 0. The maximum Gasteiger partial charge on any atom is 0.309 e. The number of ether oxygens (including phenoxy) is 2. The first-order chi connectivity index (χ1) is 13.7. The van der Waals surface area contributed by atoms with Crippen LogP contribution in [0, 0.1) is 22.2 Å². The fraction of sp³-hybridized carbons (Fsp3) is 0.864. The van der Waals surface area contributed by atoms with Crippen LogP contribution in [0.2, 0.25) is 0 Å². The molecule has 2 saturated heterocycles. The largest absolute Gasteiger partial charge is 0.469 e. The van der Waals surface area contributed by atoms with Crippen LogP contribution in [0.25, 0.3) is 0 Å². The third-order valence-corrected chi connectivity index (χ3v) is 7.77. The minimum Gasteiger partial charge on any atom is -0.469 e. The Morgan fingerprint density at radius 3 is 2.24 bits per heavy atom. The summed E-state index contributed by atoms with van der Waals surface area (Å²) in [6.45, 7) is 6.23. The molecule has 7 nitrogen and oxygen atoms in total. The summed E-state index contributed by atoms with van der Waals surface area (Å²) in [6, 6.07) is -0.371. The summed E-state index contributed by atoms with van der Waals surface area (Å²) >= 11 is 0. The average Bonchev–Trinajstić information content (AvgIpc) is 3.58. The maximum absolute atomic E-state index is 13.6. The molecule has 2 heterocycles. The number of rotatable bonds is 5. The van der Waals surface area contributed by atoms with Gasteiger partial charge in [-0.15, -0.1) is 0 Å². The normalized spacial score (nSPS) is 30.9. The molecule has 4 fully saturated rings. The molecule has 7 heteroatoms. The molecule has 2 aliphatic heterocycles. The van der Waals surface area contributed by atoms with Gasteiger partial charge < -0.3 is 19.3 Å². The molecule has 2 saturated carbocycles. The summed E-state index contributed by atoms with van der Waals surface area (Å²) in [7, 11) is 3.05. The lowest BCUT2D eigenvalue weighted by atomic mass is 9.73. The quantitative estimate of drug-likeness (QED) is 0.651. The minimum absolute atomic E-state index is 0.0479. The number of carbonyl (C=O) groups excluding carboxylic acids is 3. The molecule has 4 aliphatic rings. The van der Waals surface area contributed by atoms with Crippen molar-refractivity contribution >= 4 is 17.8 Å². The zero-order valence-corrected chi connectivity index (χ0v) is 18.2. The van der Waals surface area contributed by atoms with Crippen molar-refractivity contribution in [2.24, 2.45) is 22.2 Å². The molecule has 1 spiro atoms. The van der Waals surface area contributed by atoms with Crippen molar-refractivity contribution in [3.05, 3.63) is 0 Å². The Kier molecular flexibility index (Phi) is 4.95. The van der Waals surface area contributed by atoms with Crippen LogP contribution < -0.4 is 0 Å². The Bertz CT molecular complexity index is 710. The first-order valence-corrected chi connectivity index (χ1v) is 10.8. The van der Waals surface area contributed by atoms with Crippen LogP contribution in [0.5, 0.6) is 0 Å². The van der Waals surface area contributed by atoms with Gasteiger partial charge in [0, 0.05) is 26.7 Å². The van der Waals surface area contributed by atoms with E-state index in [9.17, 15) is 14.4 Å². The SMILES string of the molecule is COCC1(C(=O)N2CC3(CC3)C[C@@H]2C(=O)N2CCC(C(=O)OC)C(C)(C)C2)CC1. The summed E-state index contributed by atoms with van der Waals surface area (Å²) in [5.74, 6) is -0.257. The van der Waals surface area contributed by atoms with Gasteiger partial charge in [0.2, 0.25) is 11.8 Å². The Balaban J connectivity index is 1.50. The highest BCUT2D eigenvalue weighted by Gasteiger charge is 2.61. The van der Waals surface area contributed by atoms with Crippen LogP contribution in [-0.2, 0) is 23.9 Å². The molecule has 0 aromatic rings. The van der Waals surface area contributed by atoms with Crippen molar-refractivity contribution in [3.63, 3.8) is 0 Å². The van der Waals surface area contributed by atoms with Crippen molar-refractivity contribution in [1.29, 1.82) is 0 Å². The molecule has 2 amide bonds. The van der Waals surface area contributed by atoms with Crippen LogP contribution in [0.1, 0.15) is 52.4 Å². The number of methoxy groups -OCH3 is 2. The molecular formula is C22H34N2O5. The van der Waals surface area contributed by atoms with Crippen LogP contribution in [0.3, 0.4) is 0 Å². The van der Waals surface area contributed by atoms with E-state index in [0.717, 1.165) is 32.1 Å². The zero-order chi connectivity index (χ0) is 21.0.